The van der Waals surface area contributed by atoms with Crippen LogP contribution in [0.5, 0.6) is 0 Å². The van der Waals surface area contributed by atoms with Crippen LogP contribution in [0.3, 0.4) is 0 Å². The molecule has 0 radical (unpaired) electrons. The van der Waals surface area contributed by atoms with E-state index in [-0.39, 0.29) is 0 Å². The van der Waals surface area contributed by atoms with E-state index in [2.05, 4.69) is 15.0 Å². The van der Waals surface area contributed by atoms with Crippen molar-refractivity contribution in [3.05, 3.63) is 28.1 Å². The van der Waals surface area contributed by atoms with Crippen LogP contribution in [0.1, 0.15) is 23.3 Å². The summed E-state index contributed by atoms with van der Waals surface area (Å²) in [6.07, 6.45) is 4.10. The van der Waals surface area contributed by atoms with E-state index in [0.29, 0.717) is 15.4 Å². The summed E-state index contributed by atoms with van der Waals surface area (Å²) in [4.78, 5) is 5.00. The van der Waals surface area contributed by atoms with Gasteiger partial charge < -0.3 is 5.32 Å². The van der Waals surface area contributed by atoms with E-state index in [1.54, 1.807) is 12.3 Å². The molecule has 2 heterocycles. The van der Waals surface area contributed by atoms with Crippen LogP contribution < -0.4 is 10.0 Å². The van der Waals surface area contributed by atoms with Crippen LogP contribution in [0.2, 0.25) is 0 Å². The Balaban J connectivity index is 1.69. The number of hydrogen-bond donors (Lipinski definition) is 2. The number of anilines is 1. The van der Waals surface area contributed by atoms with Crippen molar-refractivity contribution in [3.63, 3.8) is 0 Å². The molecule has 0 spiro atoms. The summed E-state index contributed by atoms with van der Waals surface area (Å²) >= 11 is 2.57. The zero-order valence-corrected chi connectivity index (χ0v) is 13.4. The number of thiophene rings is 1. The fourth-order valence-electron chi connectivity index (χ4n) is 1.70. The van der Waals surface area contributed by atoms with E-state index in [0.717, 1.165) is 17.0 Å². The lowest BCUT2D eigenvalue weighted by Crippen LogP contribution is -2.15. The second-order valence-corrected chi connectivity index (χ2v) is 8.87. The van der Waals surface area contributed by atoms with Crippen LogP contribution in [0.4, 0.5) is 5.13 Å². The van der Waals surface area contributed by atoms with Gasteiger partial charge in [-0.05, 0) is 36.8 Å². The van der Waals surface area contributed by atoms with Crippen LogP contribution >= 0.6 is 22.7 Å². The van der Waals surface area contributed by atoms with Gasteiger partial charge >= 0.3 is 0 Å². The first kappa shape index (κ1) is 14.0. The lowest BCUT2D eigenvalue weighted by Gasteiger charge is -2.02. The van der Waals surface area contributed by atoms with Crippen molar-refractivity contribution in [2.45, 2.75) is 36.6 Å². The average molecular weight is 329 g/mol. The van der Waals surface area contributed by atoms with Crippen LogP contribution in [0.15, 0.2) is 21.9 Å². The summed E-state index contributed by atoms with van der Waals surface area (Å²) in [5, 5.41) is 5.67. The lowest BCUT2D eigenvalue weighted by molar-refractivity contribution is 0.603. The van der Waals surface area contributed by atoms with Gasteiger partial charge in [0.05, 0.1) is 0 Å². The molecule has 20 heavy (non-hydrogen) atoms. The Bertz CT molecular complexity index is 701. The minimum atomic E-state index is -3.51. The van der Waals surface area contributed by atoms with Crippen LogP contribution in [0.25, 0.3) is 0 Å². The molecule has 2 aromatic rings. The van der Waals surface area contributed by atoms with Crippen molar-refractivity contribution in [1.29, 1.82) is 0 Å². The topological polar surface area (TPSA) is 71.1 Å². The first-order chi connectivity index (χ1) is 9.53. The Labute approximate surface area is 126 Å². The van der Waals surface area contributed by atoms with Crippen LogP contribution in [0, 0.1) is 6.92 Å². The van der Waals surface area contributed by atoms with Crippen molar-refractivity contribution in [2.24, 2.45) is 0 Å². The third kappa shape index (κ3) is 3.38. The van der Waals surface area contributed by atoms with Crippen molar-refractivity contribution in [2.75, 3.05) is 4.72 Å². The minimum absolute atomic E-state index is 0.331. The van der Waals surface area contributed by atoms with E-state index in [4.69, 9.17) is 0 Å². The molecule has 108 valence electrons. The van der Waals surface area contributed by atoms with E-state index < -0.39 is 10.0 Å². The summed E-state index contributed by atoms with van der Waals surface area (Å²) in [5.74, 6) is 0. The molecule has 0 aliphatic heterocycles. The van der Waals surface area contributed by atoms with Gasteiger partial charge in [0.25, 0.3) is 10.0 Å². The number of rotatable bonds is 6. The molecule has 0 atom stereocenters. The highest BCUT2D eigenvalue weighted by Gasteiger charge is 2.22. The number of nitrogens with one attached hydrogen (secondary N) is 2. The zero-order valence-electron chi connectivity index (χ0n) is 10.9. The van der Waals surface area contributed by atoms with E-state index in [1.807, 2.05) is 12.3 Å². The molecule has 3 rings (SSSR count). The minimum Gasteiger partial charge on any atom is -0.310 e. The van der Waals surface area contributed by atoms with Gasteiger partial charge in [-0.3, -0.25) is 4.72 Å². The van der Waals surface area contributed by atoms with Crippen molar-refractivity contribution >= 4 is 37.8 Å². The largest absolute Gasteiger partial charge is 0.310 e. The number of thiazole rings is 1. The van der Waals surface area contributed by atoms with E-state index in [9.17, 15) is 8.42 Å². The van der Waals surface area contributed by atoms with Gasteiger partial charge in [-0.2, -0.15) is 0 Å². The summed E-state index contributed by atoms with van der Waals surface area (Å²) in [5.41, 5.74) is 1.01. The summed E-state index contributed by atoms with van der Waals surface area (Å²) in [7, 11) is -3.51. The highest BCUT2D eigenvalue weighted by molar-refractivity contribution is 7.94. The zero-order chi connectivity index (χ0) is 14.2. The maximum atomic E-state index is 12.2. The predicted octanol–water partition coefficient (Wildman–Crippen LogP) is 2.57. The molecule has 8 heteroatoms. The molecule has 1 aliphatic rings. The fourth-order valence-corrected chi connectivity index (χ4v) is 4.82. The second-order valence-electron chi connectivity index (χ2n) is 4.81. The summed E-state index contributed by atoms with van der Waals surface area (Å²) < 4.78 is 27.3. The van der Waals surface area contributed by atoms with Gasteiger partial charge in [0.15, 0.2) is 5.13 Å². The maximum Gasteiger partial charge on any atom is 0.273 e. The van der Waals surface area contributed by atoms with Crippen molar-refractivity contribution in [3.8, 4) is 0 Å². The first-order valence-electron chi connectivity index (χ1n) is 6.29. The van der Waals surface area contributed by atoms with Gasteiger partial charge in [-0.1, -0.05) is 0 Å². The van der Waals surface area contributed by atoms with Gasteiger partial charge in [0.1, 0.15) is 4.21 Å². The molecule has 0 saturated heterocycles. The van der Waals surface area contributed by atoms with Gasteiger partial charge in [-0.25, -0.2) is 13.4 Å². The highest BCUT2D eigenvalue weighted by atomic mass is 32.2. The maximum absolute atomic E-state index is 12.2. The predicted molar refractivity (Wildman–Crippen MR) is 81.8 cm³/mol. The number of hydrogen-bond acceptors (Lipinski definition) is 6. The highest BCUT2D eigenvalue weighted by Crippen LogP contribution is 2.26. The monoisotopic (exact) mass is 329 g/mol. The van der Waals surface area contributed by atoms with Gasteiger partial charge in [0, 0.05) is 23.7 Å². The molecule has 2 N–H and O–H groups in total. The average Bonchev–Trinajstić information content (AvgIpc) is 2.93. The van der Waals surface area contributed by atoms with E-state index in [1.165, 1.54) is 35.5 Å². The summed E-state index contributed by atoms with van der Waals surface area (Å²) in [6.45, 7) is 2.62. The van der Waals surface area contributed by atoms with E-state index >= 15 is 0 Å². The third-order valence-electron chi connectivity index (χ3n) is 2.91. The molecule has 0 unspecified atom stereocenters. The van der Waals surface area contributed by atoms with Crippen LogP contribution in [-0.4, -0.2) is 19.4 Å². The van der Waals surface area contributed by atoms with Crippen molar-refractivity contribution in [1.82, 2.24) is 10.3 Å². The number of sulfonamides is 1. The van der Waals surface area contributed by atoms with Gasteiger partial charge in [0.2, 0.25) is 0 Å². The molecule has 1 aliphatic carbocycles. The normalized spacial score (nSPS) is 15.4. The molecule has 1 saturated carbocycles. The number of aryl methyl sites for hydroxylation is 1. The smallest absolute Gasteiger partial charge is 0.273 e. The standard InChI is InChI=1S/C12H15N3O2S3/c1-8-5-14-12(19-8)15-20(16,17)11-4-9(7-18-11)6-13-10-2-3-10/h4-5,7,10,13H,2-3,6H2,1H3,(H,14,15). The Morgan fingerprint density at radius 2 is 2.25 bits per heavy atom. The molecule has 0 amide bonds. The third-order valence-corrected chi connectivity index (χ3v) is 6.69. The lowest BCUT2D eigenvalue weighted by atomic mass is 10.3. The molecule has 0 bridgehead atoms. The molecule has 1 fully saturated rings. The molecular formula is C12H15N3O2S3. The SMILES string of the molecule is Cc1cnc(NS(=O)(=O)c2cc(CNC3CC3)cs2)s1. The molecule has 5 nitrogen and oxygen atoms in total. The van der Waals surface area contributed by atoms with Crippen LogP contribution in [-0.2, 0) is 16.6 Å². The number of aromatic nitrogens is 1. The molecule has 2 aromatic heterocycles. The Kier molecular flexibility index (Phi) is 3.80. The van der Waals surface area contributed by atoms with Crippen molar-refractivity contribution < 1.29 is 8.42 Å². The first-order valence-corrected chi connectivity index (χ1v) is 9.47. The molecule has 0 aromatic carbocycles. The molecular weight excluding hydrogens is 314 g/mol. The number of nitrogens with zero attached hydrogens (tertiary/aromatic N) is 1. The Morgan fingerprint density at radius 3 is 2.90 bits per heavy atom. The Morgan fingerprint density at radius 1 is 1.45 bits per heavy atom. The quantitative estimate of drug-likeness (QED) is 0.854. The summed E-state index contributed by atoms with van der Waals surface area (Å²) in [6, 6.07) is 2.34. The van der Waals surface area contributed by atoms with Gasteiger partial charge in [-0.15, -0.1) is 22.7 Å². The Hall–Kier alpha value is -0.960. The fraction of sp³-hybridized carbons (Fsp3) is 0.417. The second kappa shape index (κ2) is 5.44.